The lowest BCUT2D eigenvalue weighted by molar-refractivity contribution is 1.09. The van der Waals surface area contributed by atoms with E-state index in [2.05, 4.69) is 37.8 Å². The molecule has 2 aromatic rings. The molecule has 0 aliphatic carbocycles. The van der Waals surface area contributed by atoms with Gasteiger partial charge in [0.15, 0.2) is 5.84 Å². The van der Waals surface area contributed by atoms with E-state index in [4.69, 9.17) is 0 Å². The molecule has 5 nitrogen and oxygen atoms in total. The van der Waals surface area contributed by atoms with E-state index in [0.29, 0.717) is 5.84 Å². The van der Waals surface area contributed by atoms with E-state index >= 15 is 0 Å². The van der Waals surface area contributed by atoms with Gasteiger partial charge in [0, 0.05) is 0 Å². The van der Waals surface area contributed by atoms with Gasteiger partial charge in [-0.1, -0.05) is 48.7 Å². The van der Waals surface area contributed by atoms with E-state index < -0.39 is 0 Å². The largest absolute Gasteiger partial charge is 0.219 e. The monoisotopic (exact) mass is 289 g/mol. The predicted molar refractivity (Wildman–Crippen MR) is 87.7 cm³/mol. The Balaban J connectivity index is 2.07. The number of rotatable bonds is 4. The lowest BCUT2D eigenvalue weighted by atomic mass is 10.3. The van der Waals surface area contributed by atoms with Crippen molar-refractivity contribution in [2.24, 2.45) is 25.4 Å². The van der Waals surface area contributed by atoms with Crippen LogP contribution in [-0.4, -0.2) is 5.84 Å². The third-order valence-corrected chi connectivity index (χ3v) is 2.51. The van der Waals surface area contributed by atoms with Crippen LogP contribution >= 0.6 is 0 Å². The van der Waals surface area contributed by atoms with Crippen LogP contribution < -0.4 is 0 Å². The molecule has 0 atom stereocenters. The smallest absolute Gasteiger partial charge is 0.203 e. The van der Waals surface area contributed by atoms with Crippen LogP contribution in [0.15, 0.2) is 104 Å². The summed E-state index contributed by atoms with van der Waals surface area (Å²) in [6.07, 6.45) is 0. The van der Waals surface area contributed by atoms with Crippen LogP contribution in [0, 0.1) is 0 Å². The Morgan fingerprint density at radius 1 is 0.818 bits per heavy atom. The lowest BCUT2D eigenvalue weighted by Gasteiger charge is -1.93. The molecule has 2 rings (SSSR count). The summed E-state index contributed by atoms with van der Waals surface area (Å²) >= 11 is 0. The zero-order valence-corrected chi connectivity index (χ0v) is 12.2. The fourth-order valence-corrected chi connectivity index (χ4v) is 1.50. The highest BCUT2D eigenvalue weighted by Gasteiger charge is 1.94. The lowest BCUT2D eigenvalue weighted by Crippen LogP contribution is -1.84. The molecule has 0 spiro atoms. The van der Waals surface area contributed by atoms with E-state index in [9.17, 15) is 0 Å². The zero-order valence-electron chi connectivity index (χ0n) is 12.2. The van der Waals surface area contributed by atoms with Crippen LogP contribution in [0.4, 0.5) is 11.4 Å². The molecule has 108 valence electrons. The Hall–Kier alpha value is -3.17. The fourth-order valence-electron chi connectivity index (χ4n) is 1.50. The Morgan fingerprint density at radius 2 is 1.32 bits per heavy atom. The number of amidine groups is 1. The molecule has 0 unspecified atom stereocenters. The fraction of sp³-hybridized carbons (Fsp3) is 0.0588. The van der Waals surface area contributed by atoms with Crippen LogP contribution in [-0.2, 0) is 0 Å². The second-order valence-corrected chi connectivity index (χ2v) is 4.23. The summed E-state index contributed by atoms with van der Waals surface area (Å²) in [5, 5.41) is 16.1. The second kappa shape index (κ2) is 8.19. The number of hydrogen-bond acceptors (Lipinski definition) is 4. The van der Waals surface area contributed by atoms with Crippen LogP contribution in [0.1, 0.15) is 6.92 Å². The maximum atomic E-state index is 4.16. The van der Waals surface area contributed by atoms with Gasteiger partial charge in [0.25, 0.3) is 0 Å². The first-order valence-corrected chi connectivity index (χ1v) is 6.67. The summed E-state index contributed by atoms with van der Waals surface area (Å²) in [6.45, 7) is 5.27. The Bertz CT molecular complexity index is 739. The summed E-state index contributed by atoms with van der Waals surface area (Å²) in [6, 6.07) is 18.8. The molecule has 5 heteroatoms. The molecular weight excluding hydrogens is 274 g/mol. The van der Waals surface area contributed by atoms with Gasteiger partial charge >= 0.3 is 0 Å². The molecule has 0 aliphatic heterocycles. The first-order chi connectivity index (χ1) is 10.8. The van der Waals surface area contributed by atoms with Crippen molar-refractivity contribution in [2.75, 3.05) is 0 Å². The van der Waals surface area contributed by atoms with Gasteiger partial charge in [-0.2, -0.15) is 0 Å². The summed E-state index contributed by atoms with van der Waals surface area (Å²) < 4.78 is 0. The molecule has 0 saturated heterocycles. The van der Waals surface area contributed by atoms with E-state index in [1.54, 1.807) is 6.92 Å². The minimum atomic E-state index is 0.258. The minimum absolute atomic E-state index is 0.258. The third-order valence-electron chi connectivity index (χ3n) is 2.51. The molecule has 0 fully saturated rings. The summed E-state index contributed by atoms with van der Waals surface area (Å²) in [7, 11) is 0. The van der Waals surface area contributed by atoms with Crippen molar-refractivity contribution in [1.29, 1.82) is 0 Å². The minimum Gasteiger partial charge on any atom is -0.203 e. The van der Waals surface area contributed by atoms with E-state index in [1.165, 1.54) is 0 Å². The van der Waals surface area contributed by atoms with Crippen LogP contribution in [0.2, 0.25) is 0 Å². The summed E-state index contributed by atoms with van der Waals surface area (Å²) in [4.78, 5) is 4.16. The topological polar surface area (TPSA) is 61.8 Å². The molecule has 0 aromatic heterocycles. The van der Waals surface area contributed by atoms with E-state index in [-0.39, 0.29) is 5.82 Å². The van der Waals surface area contributed by atoms with Crippen molar-refractivity contribution in [3.05, 3.63) is 78.8 Å². The van der Waals surface area contributed by atoms with Crippen molar-refractivity contribution in [1.82, 2.24) is 0 Å². The molecule has 0 radical (unpaired) electrons. The van der Waals surface area contributed by atoms with Crippen molar-refractivity contribution in [3.8, 4) is 0 Å². The molecule has 0 amide bonds. The van der Waals surface area contributed by atoms with Crippen LogP contribution in [0.5, 0.6) is 0 Å². The maximum Gasteiger partial charge on any atom is 0.219 e. The molecule has 0 bridgehead atoms. The molecular formula is C17H15N5. The van der Waals surface area contributed by atoms with Crippen LogP contribution in [0.25, 0.3) is 0 Å². The van der Waals surface area contributed by atoms with Crippen molar-refractivity contribution in [2.45, 2.75) is 6.92 Å². The predicted octanol–water partition coefficient (Wildman–Crippen LogP) is 5.60. The van der Waals surface area contributed by atoms with Gasteiger partial charge in [0.05, 0.1) is 11.4 Å². The second-order valence-electron chi connectivity index (χ2n) is 4.23. The quantitative estimate of drug-likeness (QED) is 0.304. The van der Waals surface area contributed by atoms with E-state index in [0.717, 1.165) is 11.4 Å². The van der Waals surface area contributed by atoms with Gasteiger partial charge in [0.2, 0.25) is 5.82 Å². The van der Waals surface area contributed by atoms with E-state index in [1.807, 2.05) is 60.7 Å². The highest BCUT2D eigenvalue weighted by molar-refractivity contribution is 5.81. The number of nitrogens with zero attached hydrogens (tertiary/aromatic N) is 5. The van der Waals surface area contributed by atoms with Gasteiger partial charge in [0.1, 0.15) is 0 Å². The van der Waals surface area contributed by atoms with Gasteiger partial charge in [-0.25, -0.2) is 4.99 Å². The molecule has 0 saturated carbocycles. The zero-order chi connectivity index (χ0) is 15.6. The maximum absolute atomic E-state index is 4.16. The average Bonchev–Trinajstić information content (AvgIpc) is 2.58. The average molecular weight is 289 g/mol. The van der Waals surface area contributed by atoms with Gasteiger partial charge in [-0.3, -0.25) is 0 Å². The van der Waals surface area contributed by atoms with Crippen LogP contribution in [0.3, 0.4) is 0 Å². The van der Waals surface area contributed by atoms with Crippen molar-refractivity contribution in [3.63, 3.8) is 0 Å². The van der Waals surface area contributed by atoms with Gasteiger partial charge in [-0.15, -0.1) is 20.5 Å². The Morgan fingerprint density at radius 3 is 1.82 bits per heavy atom. The van der Waals surface area contributed by atoms with Gasteiger partial charge in [-0.05, 0) is 31.2 Å². The normalized spacial score (nSPS) is 11.8. The highest BCUT2D eigenvalue weighted by atomic mass is 15.2. The van der Waals surface area contributed by atoms with Gasteiger partial charge < -0.3 is 0 Å². The Labute approximate surface area is 129 Å². The molecule has 22 heavy (non-hydrogen) atoms. The number of benzene rings is 2. The first kappa shape index (κ1) is 15.2. The summed E-state index contributed by atoms with van der Waals surface area (Å²) in [5.41, 5.74) is 4.11. The summed E-state index contributed by atoms with van der Waals surface area (Å²) in [5.74, 6) is 0.704. The van der Waals surface area contributed by atoms with Crippen molar-refractivity contribution >= 4 is 17.2 Å². The molecule has 0 heterocycles. The molecule has 0 aliphatic rings. The number of azo groups is 2. The van der Waals surface area contributed by atoms with Crippen molar-refractivity contribution < 1.29 is 0 Å². The third kappa shape index (κ3) is 5.07. The number of aliphatic imine (C=N–C) groups is 1. The molecule has 2 aromatic carbocycles. The highest BCUT2D eigenvalue weighted by Crippen LogP contribution is 2.13. The SMILES string of the molecule is C=C=C(/N=N/c1ccccc1)/N=C(C)/N=N/c1ccccc1. The molecule has 0 N–H and O–H groups in total. The first-order valence-electron chi connectivity index (χ1n) is 6.67. The Kier molecular flexibility index (Phi) is 5.67. The number of hydrogen-bond donors (Lipinski definition) is 0. The standard InChI is InChI=1S/C17H15N5/c1-3-17(22-21-16-12-8-5-9-13-16)18-14(2)19-20-15-10-6-4-7-11-15/h4-13H,1H2,2H3/b18-14+,20-19+,22-21+.